The zero-order valence-corrected chi connectivity index (χ0v) is 12.9. The molecular weight excluding hydrogens is 252 g/mol. The van der Waals surface area contributed by atoms with Crippen LogP contribution in [0.25, 0.3) is 0 Å². The maximum absolute atomic E-state index is 5.46. The van der Waals surface area contributed by atoms with Crippen molar-refractivity contribution >= 4 is 5.96 Å². The van der Waals surface area contributed by atoms with Crippen molar-refractivity contribution in [1.82, 2.24) is 15.6 Å². The van der Waals surface area contributed by atoms with Crippen molar-refractivity contribution in [2.75, 3.05) is 13.7 Å². The molecule has 20 heavy (non-hydrogen) atoms. The largest absolute Gasteiger partial charge is 0.478 e. The Kier molecular flexibility index (Phi) is 7.47. The molecule has 0 radical (unpaired) electrons. The Bertz CT molecular complexity index is 403. The Morgan fingerprint density at radius 2 is 2.20 bits per heavy atom. The number of nitrogens with one attached hydrogen (secondary N) is 2. The van der Waals surface area contributed by atoms with Crippen molar-refractivity contribution in [2.45, 2.75) is 46.2 Å². The lowest BCUT2D eigenvalue weighted by atomic mass is 10.2. The van der Waals surface area contributed by atoms with E-state index in [1.165, 1.54) is 0 Å². The molecule has 112 valence electrons. The number of rotatable bonds is 7. The van der Waals surface area contributed by atoms with E-state index in [1.807, 2.05) is 18.3 Å². The first-order valence-corrected chi connectivity index (χ1v) is 7.24. The first kappa shape index (κ1) is 16.3. The third-order valence-corrected chi connectivity index (χ3v) is 2.93. The van der Waals surface area contributed by atoms with Gasteiger partial charge in [-0.2, -0.15) is 0 Å². The van der Waals surface area contributed by atoms with Gasteiger partial charge in [-0.1, -0.05) is 19.9 Å². The first-order chi connectivity index (χ1) is 9.69. The quantitative estimate of drug-likeness (QED) is 0.594. The van der Waals surface area contributed by atoms with Crippen LogP contribution in [0.3, 0.4) is 0 Å². The number of hydrogen-bond acceptors (Lipinski definition) is 3. The minimum atomic E-state index is 0.407. The van der Waals surface area contributed by atoms with E-state index in [0.717, 1.165) is 24.4 Å². The molecule has 5 nitrogen and oxygen atoms in total. The number of nitrogens with zero attached hydrogens (tertiary/aromatic N) is 2. The van der Waals surface area contributed by atoms with E-state index in [-0.39, 0.29) is 0 Å². The summed E-state index contributed by atoms with van der Waals surface area (Å²) >= 11 is 0. The topological polar surface area (TPSA) is 58.5 Å². The Labute approximate surface area is 121 Å². The molecule has 1 atom stereocenters. The van der Waals surface area contributed by atoms with Gasteiger partial charge < -0.3 is 15.4 Å². The average Bonchev–Trinajstić information content (AvgIpc) is 2.50. The van der Waals surface area contributed by atoms with Crippen molar-refractivity contribution in [3.8, 4) is 5.88 Å². The van der Waals surface area contributed by atoms with Crippen molar-refractivity contribution in [1.29, 1.82) is 0 Å². The van der Waals surface area contributed by atoms with Crippen LogP contribution in [-0.2, 0) is 6.54 Å². The van der Waals surface area contributed by atoms with Gasteiger partial charge in [-0.25, -0.2) is 4.98 Å². The molecule has 1 aromatic rings. The summed E-state index contributed by atoms with van der Waals surface area (Å²) in [5.41, 5.74) is 1.10. The predicted octanol–water partition coefficient (Wildman–Crippen LogP) is 2.33. The maximum Gasteiger partial charge on any atom is 0.213 e. The molecule has 0 aliphatic carbocycles. The third kappa shape index (κ3) is 5.91. The van der Waals surface area contributed by atoms with Crippen LogP contribution in [0, 0.1) is 0 Å². The van der Waals surface area contributed by atoms with Crippen LogP contribution in [0.1, 0.15) is 39.2 Å². The molecule has 1 unspecified atom stereocenters. The summed E-state index contributed by atoms with van der Waals surface area (Å²) in [6, 6.07) is 4.32. The Balaban J connectivity index is 2.44. The number of guanidine groups is 1. The van der Waals surface area contributed by atoms with Crippen molar-refractivity contribution in [2.24, 2.45) is 4.99 Å². The average molecular weight is 278 g/mol. The normalized spacial score (nSPS) is 12.9. The summed E-state index contributed by atoms with van der Waals surface area (Å²) < 4.78 is 5.46. The van der Waals surface area contributed by atoms with Crippen LogP contribution in [0.5, 0.6) is 5.88 Å². The van der Waals surface area contributed by atoms with Crippen LogP contribution in [0.2, 0.25) is 0 Å². The zero-order valence-electron chi connectivity index (χ0n) is 12.9. The van der Waals surface area contributed by atoms with Crippen LogP contribution in [-0.4, -0.2) is 30.6 Å². The molecule has 0 spiro atoms. The minimum Gasteiger partial charge on any atom is -0.478 e. The van der Waals surface area contributed by atoms with Crippen LogP contribution in [0.15, 0.2) is 23.3 Å². The summed E-state index contributed by atoms with van der Waals surface area (Å²) in [6.45, 7) is 7.75. The lowest BCUT2D eigenvalue weighted by Crippen LogP contribution is -2.41. The van der Waals surface area contributed by atoms with Gasteiger partial charge in [0.25, 0.3) is 0 Å². The molecule has 1 aromatic heterocycles. The lowest BCUT2D eigenvalue weighted by molar-refractivity contribution is 0.305. The number of hydrogen-bond donors (Lipinski definition) is 2. The van der Waals surface area contributed by atoms with Crippen molar-refractivity contribution < 1.29 is 4.74 Å². The van der Waals surface area contributed by atoms with E-state index in [4.69, 9.17) is 4.74 Å². The van der Waals surface area contributed by atoms with E-state index in [2.05, 4.69) is 41.4 Å². The summed E-state index contributed by atoms with van der Waals surface area (Å²) in [6.07, 6.45) is 3.88. The molecule has 0 aliphatic rings. The number of pyridine rings is 1. The summed E-state index contributed by atoms with van der Waals surface area (Å²) in [7, 11) is 1.78. The molecule has 1 heterocycles. The van der Waals surface area contributed by atoms with Gasteiger partial charge in [0.15, 0.2) is 5.96 Å². The summed E-state index contributed by atoms with van der Waals surface area (Å²) in [4.78, 5) is 8.47. The highest BCUT2D eigenvalue weighted by molar-refractivity contribution is 5.79. The fourth-order valence-electron chi connectivity index (χ4n) is 1.52. The Morgan fingerprint density at radius 3 is 2.75 bits per heavy atom. The van der Waals surface area contributed by atoms with E-state index in [1.54, 1.807) is 7.05 Å². The smallest absolute Gasteiger partial charge is 0.213 e. The van der Waals surface area contributed by atoms with Gasteiger partial charge in [-0.05, 0) is 25.3 Å². The highest BCUT2D eigenvalue weighted by atomic mass is 16.5. The maximum atomic E-state index is 5.46. The van der Waals surface area contributed by atoms with Gasteiger partial charge >= 0.3 is 0 Å². The van der Waals surface area contributed by atoms with E-state index in [0.29, 0.717) is 25.1 Å². The third-order valence-electron chi connectivity index (χ3n) is 2.93. The van der Waals surface area contributed by atoms with E-state index >= 15 is 0 Å². The summed E-state index contributed by atoms with van der Waals surface area (Å²) in [5.74, 6) is 1.49. The molecule has 1 rings (SSSR count). The minimum absolute atomic E-state index is 0.407. The number of ether oxygens (including phenoxy) is 1. The second-order valence-corrected chi connectivity index (χ2v) is 4.73. The standard InChI is InChI=1S/C15H26N4O/c1-5-9-20-14-8-7-13(10-17-14)11-18-15(16-4)19-12(3)6-2/h7-8,10,12H,5-6,9,11H2,1-4H3,(H2,16,18,19). The second-order valence-electron chi connectivity index (χ2n) is 4.73. The molecule has 5 heteroatoms. The van der Waals surface area contributed by atoms with Gasteiger partial charge in [0.2, 0.25) is 5.88 Å². The number of aliphatic imine (C=N–C) groups is 1. The molecule has 0 saturated carbocycles. The molecule has 0 amide bonds. The van der Waals surface area contributed by atoms with Crippen LogP contribution >= 0.6 is 0 Å². The van der Waals surface area contributed by atoms with Crippen LogP contribution in [0.4, 0.5) is 0 Å². The highest BCUT2D eigenvalue weighted by Crippen LogP contribution is 2.07. The molecular formula is C15H26N4O. The number of aromatic nitrogens is 1. The van der Waals surface area contributed by atoms with Crippen LogP contribution < -0.4 is 15.4 Å². The second kappa shape index (κ2) is 9.18. The predicted molar refractivity (Wildman–Crippen MR) is 83.1 cm³/mol. The molecule has 0 aromatic carbocycles. The van der Waals surface area contributed by atoms with Gasteiger partial charge in [0, 0.05) is 31.9 Å². The SMILES string of the molecule is CCCOc1ccc(CNC(=NC)NC(C)CC)cn1. The summed E-state index contributed by atoms with van der Waals surface area (Å²) in [5, 5.41) is 6.59. The molecule has 0 aliphatic heterocycles. The monoisotopic (exact) mass is 278 g/mol. The van der Waals surface area contributed by atoms with Gasteiger partial charge in [0.05, 0.1) is 6.61 Å². The fourth-order valence-corrected chi connectivity index (χ4v) is 1.52. The highest BCUT2D eigenvalue weighted by Gasteiger charge is 2.03. The molecule has 2 N–H and O–H groups in total. The lowest BCUT2D eigenvalue weighted by Gasteiger charge is -2.16. The Hall–Kier alpha value is -1.78. The van der Waals surface area contributed by atoms with Gasteiger partial charge in [-0.15, -0.1) is 0 Å². The zero-order chi connectivity index (χ0) is 14.8. The van der Waals surface area contributed by atoms with Crippen molar-refractivity contribution in [3.05, 3.63) is 23.9 Å². The molecule has 0 saturated heterocycles. The van der Waals surface area contributed by atoms with E-state index in [9.17, 15) is 0 Å². The first-order valence-electron chi connectivity index (χ1n) is 7.24. The van der Waals surface area contributed by atoms with Gasteiger partial charge in [-0.3, -0.25) is 4.99 Å². The fraction of sp³-hybridized carbons (Fsp3) is 0.600. The van der Waals surface area contributed by atoms with Gasteiger partial charge in [0.1, 0.15) is 0 Å². The van der Waals surface area contributed by atoms with E-state index < -0.39 is 0 Å². The molecule has 0 fully saturated rings. The van der Waals surface area contributed by atoms with Crippen molar-refractivity contribution in [3.63, 3.8) is 0 Å². The molecule has 0 bridgehead atoms. The Morgan fingerprint density at radius 1 is 1.40 bits per heavy atom.